The van der Waals surface area contributed by atoms with E-state index in [1.165, 1.54) is 5.56 Å². The van der Waals surface area contributed by atoms with Crippen molar-refractivity contribution < 1.29 is 13.2 Å². The van der Waals surface area contributed by atoms with Crippen LogP contribution in [0.25, 0.3) is 0 Å². The topological polar surface area (TPSA) is 82.7 Å². The van der Waals surface area contributed by atoms with Gasteiger partial charge in [0.25, 0.3) is 0 Å². The number of sulfonamides is 1. The van der Waals surface area contributed by atoms with Crippen molar-refractivity contribution in [3.8, 4) is 0 Å². The average molecular weight is 383 g/mol. The van der Waals surface area contributed by atoms with Gasteiger partial charge in [0.15, 0.2) is 0 Å². The summed E-state index contributed by atoms with van der Waals surface area (Å²) in [5, 5.41) is -0.482. The number of rotatable bonds is 7. The van der Waals surface area contributed by atoms with E-state index < -0.39 is 15.3 Å². The molecule has 0 aliphatic carbocycles. The van der Waals surface area contributed by atoms with E-state index >= 15 is 0 Å². The zero-order chi connectivity index (χ0) is 18.6. The van der Waals surface area contributed by atoms with E-state index in [9.17, 15) is 8.42 Å². The first-order chi connectivity index (χ1) is 12.5. The van der Waals surface area contributed by atoms with Crippen LogP contribution in [0.15, 0.2) is 30.3 Å². The molecule has 2 fully saturated rings. The van der Waals surface area contributed by atoms with Gasteiger partial charge in [0, 0.05) is 37.8 Å². The second-order valence-corrected chi connectivity index (χ2v) is 9.14. The molecule has 26 heavy (non-hydrogen) atoms. The van der Waals surface area contributed by atoms with Crippen molar-refractivity contribution in [3.05, 3.63) is 35.9 Å². The molecule has 2 aliphatic rings. The van der Waals surface area contributed by atoms with Crippen LogP contribution in [0.2, 0.25) is 0 Å². The molecular formula is C18H30N4O3S. The van der Waals surface area contributed by atoms with Gasteiger partial charge in [0.2, 0.25) is 10.0 Å². The Kier molecular flexibility index (Phi) is 6.65. The fourth-order valence-corrected chi connectivity index (χ4v) is 5.69. The molecule has 146 valence electrons. The van der Waals surface area contributed by atoms with Crippen LogP contribution in [0, 0.1) is 0 Å². The number of ether oxygens (including phenoxy) is 1. The molecule has 0 bridgehead atoms. The molecule has 2 aliphatic heterocycles. The quantitative estimate of drug-likeness (QED) is 0.621. The summed E-state index contributed by atoms with van der Waals surface area (Å²) >= 11 is 0. The van der Waals surface area contributed by atoms with Crippen LogP contribution in [0.4, 0.5) is 0 Å². The van der Waals surface area contributed by atoms with Gasteiger partial charge in [-0.25, -0.2) is 13.1 Å². The number of nitrogens with one attached hydrogen (secondary N) is 3. The van der Waals surface area contributed by atoms with E-state index in [-0.39, 0.29) is 18.1 Å². The number of benzene rings is 1. The summed E-state index contributed by atoms with van der Waals surface area (Å²) in [5.41, 5.74) is 7.26. The van der Waals surface area contributed by atoms with Crippen LogP contribution in [0.3, 0.4) is 0 Å². The highest BCUT2D eigenvalue weighted by Crippen LogP contribution is 2.16. The molecule has 1 aromatic rings. The SMILES string of the molecule is CC1NNC(C)C1S(=O)(=O)NCC(Cc1ccccc1)N1CCOCC1. The minimum Gasteiger partial charge on any atom is -0.379 e. The molecule has 3 atom stereocenters. The molecule has 0 amide bonds. The van der Waals surface area contributed by atoms with E-state index in [4.69, 9.17) is 4.74 Å². The highest BCUT2D eigenvalue weighted by Gasteiger charge is 2.40. The summed E-state index contributed by atoms with van der Waals surface area (Å²) in [6.07, 6.45) is 0.815. The maximum Gasteiger partial charge on any atom is 0.217 e. The molecule has 2 saturated heterocycles. The van der Waals surface area contributed by atoms with Crippen LogP contribution >= 0.6 is 0 Å². The molecule has 0 radical (unpaired) electrons. The zero-order valence-corrected chi connectivity index (χ0v) is 16.3. The van der Waals surface area contributed by atoms with E-state index in [0.717, 1.165) is 19.5 Å². The van der Waals surface area contributed by atoms with E-state index in [2.05, 4.69) is 32.6 Å². The first-order valence-corrected chi connectivity index (χ1v) is 10.9. The van der Waals surface area contributed by atoms with Gasteiger partial charge in [0.05, 0.1) is 13.2 Å². The Morgan fingerprint density at radius 1 is 1.15 bits per heavy atom. The van der Waals surface area contributed by atoms with E-state index in [1.807, 2.05) is 32.0 Å². The highest BCUT2D eigenvalue weighted by atomic mass is 32.2. The summed E-state index contributed by atoms with van der Waals surface area (Å²) in [4.78, 5) is 2.33. The Morgan fingerprint density at radius 3 is 2.38 bits per heavy atom. The average Bonchev–Trinajstić information content (AvgIpc) is 2.99. The lowest BCUT2D eigenvalue weighted by Gasteiger charge is -2.35. The fourth-order valence-electron chi connectivity index (χ4n) is 3.87. The molecule has 8 heteroatoms. The molecule has 3 rings (SSSR count). The summed E-state index contributed by atoms with van der Waals surface area (Å²) in [6, 6.07) is 10.1. The molecule has 0 spiro atoms. The predicted molar refractivity (Wildman–Crippen MR) is 102 cm³/mol. The molecule has 7 nitrogen and oxygen atoms in total. The molecule has 0 saturated carbocycles. The molecule has 1 aromatic carbocycles. The minimum atomic E-state index is -3.42. The van der Waals surface area contributed by atoms with Crippen molar-refractivity contribution in [2.75, 3.05) is 32.8 Å². The number of hydrazine groups is 1. The molecule has 0 aromatic heterocycles. The standard InChI is InChI=1S/C18H30N4O3S/c1-14-18(15(2)21-20-14)26(23,24)19-13-17(22-8-10-25-11-9-22)12-16-6-4-3-5-7-16/h3-7,14-15,17-21H,8-13H2,1-2H3. The Labute approximate surface area is 156 Å². The Hall–Kier alpha value is -1.03. The first-order valence-electron chi connectivity index (χ1n) is 9.32. The van der Waals surface area contributed by atoms with E-state index in [1.54, 1.807) is 0 Å². The van der Waals surface area contributed by atoms with Crippen molar-refractivity contribution in [2.45, 2.75) is 43.6 Å². The van der Waals surface area contributed by atoms with E-state index in [0.29, 0.717) is 19.8 Å². The third-order valence-corrected chi connectivity index (χ3v) is 7.38. The maximum atomic E-state index is 12.9. The predicted octanol–water partition coefficient (Wildman–Crippen LogP) is 0.103. The zero-order valence-electron chi connectivity index (χ0n) is 15.5. The van der Waals surface area contributed by atoms with Crippen molar-refractivity contribution in [3.63, 3.8) is 0 Å². The molecule has 3 N–H and O–H groups in total. The lowest BCUT2D eigenvalue weighted by molar-refractivity contribution is 0.0177. The van der Waals surface area contributed by atoms with Crippen molar-refractivity contribution in [1.82, 2.24) is 20.5 Å². The maximum absolute atomic E-state index is 12.9. The summed E-state index contributed by atoms with van der Waals surface area (Å²) < 4.78 is 34.1. The lowest BCUT2D eigenvalue weighted by atomic mass is 10.0. The van der Waals surface area contributed by atoms with Gasteiger partial charge >= 0.3 is 0 Å². The molecular weight excluding hydrogens is 352 g/mol. The summed E-state index contributed by atoms with van der Waals surface area (Å²) in [6.45, 7) is 7.25. The smallest absolute Gasteiger partial charge is 0.217 e. The van der Waals surface area contributed by atoms with Crippen molar-refractivity contribution in [2.24, 2.45) is 0 Å². The Balaban J connectivity index is 1.68. The Morgan fingerprint density at radius 2 is 1.77 bits per heavy atom. The number of hydrogen-bond acceptors (Lipinski definition) is 6. The van der Waals surface area contributed by atoms with Crippen LogP contribution in [0.1, 0.15) is 19.4 Å². The lowest BCUT2D eigenvalue weighted by Crippen LogP contribution is -2.52. The van der Waals surface area contributed by atoms with Gasteiger partial charge in [-0.1, -0.05) is 30.3 Å². The van der Waals surface area contributed by atoms with Crippen molar-refractivity contribution >= 4 is 10.0 Å². The third-order valence-electron chi connectivity index (χ3n) is 5.28. The second kappa shape index (κ2) is 8.77. The number of nitrogens with zero attached hydrogens (tertiary/aromatic N) is 1. The van der Waals surface area contributed by atoms with Crippen LogP contribution in [-0.2, 0) is 21.2 Å². The van der Waals surface area contributed by atoms with Gasteiger partial charge < -0.3 is 4.74 Å². The van der Waals surface area contributed by atoms with Crippen LogP contribution < -0.4 is 15.6 Å². The monoisotopic (exact) mass is 382 g/mol. The van der Waals surface area contributed by atoms with Gasteiger partial charge in [-0.3, -0.25) is 15.8 Å². The number of morpholine rings is 1. The van der Waals surface area contributed by atoms with Gasteiger partial charge in [0.1, 0.15) is 5.25 Å². The van der Waals surface area contributed by atoms with Crippen LogP contribution in [0.5, 0.6) is 0 Å². The Bertz CT molecular complexity index is 654. The normalized spacial score (nSPS) is 28.9. The van der Waals surface area contributed by atoms with Gasteiger partial charge in [-0.15, -0.1) is 0 Å². The van der Waals surface area contributed by atoms with Crippen LogP contribution in [-0.4, -0.2) is 69.5 Å². The molecule has 2 heterocycles. The van der Waals surface area contributed by atoms with Gasteiger partial charge in [-0.05, 0) is 25.8 Å². The molecule has 3 unspecified atom stereocenters. The van der Waals surface area contributed by atoms with Crippen molar-refractivity contribution in [1.29, 1.82) is 0 Å². The second-order valence-electron chi connectivity index (χ2n) is 7.22. The number of hydrogen-bond donors (Lipinski definition) is 3. The third kappa shape index (κ3) is 4.82. The van der Waals surface area contributed by atoms with Gasteiger partial charge in [-0.2, -0.15) is 0 Å². The summed E-state index contributed by atoms with van der Waals surface area (Å²) in [5.74, 6) is 0. The fraction of sp³-hybridized carbons (Fsp3) is 0.667. The highest BCUT2D eigenvalue weighted by molar-refractivity contribution is 7.90. The summed E-state index contributed by atoms with van der Waals surface area (Å²) in [7, 11) is -3.42. The first kappa shape index (κ1) is 19.7. The largest absolute Gasteiger partial charge is 0.379 e. The minimum absolute atomic E-state index is 0.115.